The highest BCUT2D eigenvalue weighted by Crippen LogP contribution is 2.29. The first-order chi connectivity index (χ1) is 14.4. The molecule has 160 valence electrons. The van der Waals surface area contributed by atoms with Crippen molar-refractivity contribution < 1.29 is 4.79 Å². The van der Waals surface area contributed by atoms with Gasteiger partial charge in [0.05, 0.1) is 0 Å². The summed E-state index contributed by atoms with van der Waals surface area (Å²) in [5.74, 6) is 0.0961. The van der Waals surface area contributed by atoms with Gasteiger partial charge >= 0.3 is 0 Å². The van der Waals surface area contributed by atoms with E-state index < -0.39 is 0 Å². The Kier molecular flexibility index (Phi) is 7.36. The Hall–Kier alpha value is -2.55. The van der Waals surface area contributed by atoms with Gasteiger partial charge in [-0.3, -0.25) is 4.79 Å². The first-order valence-corrected chi connectivity index (χ1v) is 11.4. The van der Waals surface area contributed by atoms with Crippen LogP contribution in [0.15, 0.2) is 42.0 Å². The number of hydrogen-bond acceptors (Lipinski definition) is 2. The minimum Gasteiger partial charge on any atom is -0.383 e. The van der Waals surface area contributed by atoms with Crippen LogP contribution in [-0.4, -0.2) is 18.0 Å². The molecule has 0 radical (unpaired) electrons. The molecule has 3 nitrogen and oxygen atoms in total. The fraction of sp³-hybridized carbons (Fsp3) is 0.444. The maximum atomic E-state index is 12.7. The van der Waals surface area contributed by atoms with Crippen LogP contribution in [0.3, 0.4) is 0 Å². The second kappa shape index (κ2) is 9.97. The fourth-order valence-corrected chi connectivity index (χ4v) is 4.25. The zero-order valence-electron chi connectivity index (χ0n) is 19.1. The third-order valence-corrected chi connectivity index (χ3v) is 5.96. The van der Waals surface area contributed by atoms with E-state index in [1.807, 2.05) is 0 Å². The summed E-state index contributed by atoms with van der Waals surface area (Å²) in [5.41, 5.74) is 8.02. The van der Waals surface area contributed by atoms with Gasteiger partial charge in [0.25, 0.3) is 0 Å². The van der Waals surface area contributed by atoms with Crippen molar-refractivity contribution >= 4 is 17.7 Å². The third kappa shape index (κ3) is 5.53. The second-order valence-electron chi connectivity index (χ2n) is 8.88. The normalized spacial score (nSPS) is 14.9. The Balaban J connectivity index is 1.82. The minimum atomic E-state index is 0.0961. The van der Waals surface area contributed by atoms with Crippen LogP contribution in [0.1, 0.15) is 69.6 Å². The van der Waals surface area contributed by atoms with Crippen molar-refractivity contribution in [1.82, 2.24) is 5.32 Å². The molecule has 2 aromatic rings. The Labute approximate surface area is 182 Å². The molecule has 0 heterocycles. The average Bonchev–Trinajstić information content (AvgIpc) is 3.21. The van der Waals surface area contributed by atoms with Crippen molar-refractivity contribution in [3.63, 3.8) is 0 Å². The van der Waals surface area contributed by atoms with Crippen LogP contribution in [-0.2, 0) is 4.79 Å². The van der Waals surface area contributed by atoms with E-state index in [1.54, 1.807) is 0 Å². The summed E-state index contributed by atoms with van der Waals surface area (Å²) >= 11 is 0. The number of rotatable bonds is 7. The average molecular weight is 405 g/mol. The van der Waals surface area contributed by atoms with Gasteiger partial charge in [-0.05, 0) is 93.0 Å². The summed E-state index contributed by atoms with van der Waals surface area (Å²) in [7, 11) is 0. The number of aryl methyl sites for hydroxylation is 2. The van der Waals surface area contributed by atoms with Crippen molar-refractivity contribution in [2.24, 2.45) is 0 Å². The number of hydrogen-bond donors (Lipinski definition) is 2. The van der Waals surface area contributed by atoms with Crippen LogP contribution in [0.4, 0.5) is 5.69 Å². The SMILES string of the molecule is CCC(=Cc1cc(C)c(-c2ccc(NC(C)C)cc2)cc1C)C(=O)NC1CCCC1. The lowest BCUT2D eigenvalue weighted by molar-refractivity contribution is -0.118. The van der Waals surface area contributed by atoms with Gasteiger partial charge in [-0.1, -0.05) is 44.0 Å². The number of carbonyl (C=O) groups excluding carboxylic acids is 1. The highest BCUT2D eigenvalue weighted by molar-refractivity contribution is 5.98. The monoisotopic (exact) mass is 404 g/mol. The van der Waals surface area contributed by atoms with Crippen molar-refractivity contribution in [3.8, 4) is 11.1 Å². The fourth-order valence-electron chi connectivity index (χ4n) is 4.25. The van der Waals surface area contributed by atoms with Gasteiger partial charge in [-0.25, -0.2) is 0 Å². The summed E-state index contributed by atoms with van der Waals surface area (Å²) in [4.78, 5) is 12.7. The Morgan fingerprint density at radius 3 is 2.33 bits per heavy atom. The molecule has 1 fully saturated rings. The molecular weight excluding hydrogens is 368 g/mol. The summed E-state index contributed by atoms with van der Waals surface area (Å²) < 4.78 is 0. The second-order valence-corrected chi connectivity index (χ2v) is 8.88. The third-order valence-electron chi connectivity index (χ3n) is 5.96. The lowest BCUT2D eigenvalue weighted by atomic mass is 9.93. The van der Waals surface area contributed by atoms with E-state index in [0.717, 1.165) is 36.1 Å². The van der Waals surface area contributed by atoms with E-state index in [9.17, 15) is 4.79 Å². The van der Waals surface area contributed by atoms with E-state index in [2.05, 4.69) is 87.7 Å². The largest absolute Gasteiger partial charge is 0.383 e. The van der Waals surface area contributed by atoms with Gasteiger partial charge < -0.3 is 10.6 Å². The molecule has 0 bridgehead atoms. The minimum absolute atomic E-state index is 0.0961. The molecule has 30 heavy (non-hydrogen) atoms. The van der Waals surface area contributed by atoms with Crippen LogP contribution < -0.4 is 10.6 Å². The molecule has 3 rings (SSSR count). The summed E-state index contributed by atoms with van der Waals surface area (Å²) in [5, 5.41) is 6.66. The maximum absolute atomic E-state index is 12.7. The van der Waals surface area contributed by atoms with E-state index in [4.69, 9.17) is 0 Å². The van der Waals surface area contributed by atoms with Crippen LogP contribution in [0.25, 0.3) is 17.2 Å². The van der Waals surface area contributed by atoms with Gasteiger partial charge in [-0.2, -0.15) is 0 Å². The summed E-state index contributed by atoms with van der Waals surface area (Å²) in [6.45, 7) is 10.6. The van der Waals surface area contributed by atoms with E-state index in [-0.39, 0.29) is 5.91 Å². The van der Waals surface area contributed by atoms with Crippen LogP contribution in [0, 0.1) is 13.8 Å². The van der Waals surface area contributed by atoms with E-state index in [1.165, 1.54) is 35.1 Å². The number of benzene rings is 2. The quantitative estimate of drug-likeness (QED) is 0.508. The Morgan fingerprint density at radius 2 is 1.73 bits per heavy atom. The number of carbonyl (C=O) groups is 1. The first-order valence-electron chi connectivity index (χ1n) is 11.4. The number of nitrogens with one attached hydrogen (secondary N) is 2. The van der Waals surface area contributed by atoms with Gasteiger partial charge in [0.2, 0.25) is 5.91 Å². The smallest absolute Gasteiger partial charge is 0.247 e. The molecule has 1 aliphatic rings. The lowest BCUT2D eigenvalue weighted by Gasteiger charge is -2.15. The molecule has 2 N–H and O–H groups in total. The number of anilines is 1. The molecule has 0 spiro atoms. The van der Waals surface area contributed by atoms with Crippen molar-refractivity contribution in [1.29, 1.82) is 0 Å². The first kappa shape index (κ1) is 22.1. The van der Waals surface area contributed by atoms with Crippen LogP contribution in [0.5, 0.6) is 0 Å². The van der Waals surface area contributed by atoms with Crippen LogP contribution >= 0.6 is 0 Å². The standard InChI is InChI=1S/C27H36N2O/c1-6-21(27(30)29-24-9-7-8-10-24)17-23-15-20(5)26(16-19(23)4)22-11-13-25(14-12-22)28-18(2)3/h11-18,24,28H,6-10H2,1-5H3,(H,29,30). The van der Waals surface area contributed by atoms with E-state index in [0.29, 0.717) is 12.1 Å². The highest BCUT2D eigenvalue weighted by Gasteiger charge is 2.19. The maximum Gasteiger partial charge on any atom is 0.247 e. The van der Waals surface area contributed by atoms with Crippen molar-refractivity contribution in [3.05, 3.63) is 58.7 Å². The predicted octanol–water partition coefficient (Wildman–Crippen LogP) is 6.64. The summed E-state index contributed by atoms with van der Waals surface area (Å²) in [6, 6.07) is 13.9. The van der Waals surface area contributed by atoms with Gasteiger partial charge in [0, 0.05) is 23.3 Å². The molecule has 1 amide bonds. The van der Waals surface area contributed by atoms with Crippen molar-refractivity contribution in [2.45, 2.75) is 78.8 Å². The van der Waals surface area contributed by atoms with E-state index >= 15 is 0 Å². The molecule has 0 aromatic heterocycles. The predicted molar refractivity (Wildman–Crippen MR) is 129 cm³/mol. The summed E-state index contributed by atoms with van der Waals surface area (Å²) in [6.07, 6.45) is 7.49. The van der Waals surface area contributed by atoms with Gasteiger partial charge in [0.15, 0.2) is 0 Å². The molecule has 0 atom stereocenters. The molecule has 0 saturated heterocycles. The molecule has 1 saturated carbocycles. The molecule has 2 aromatic carbocycles. The molecular formula is C27H36N2O. The zero-order chi connectivity index (χ0) is 21.7. The lowest BCUT2D eigenvalue weighted by Crippen LogP contribution is -2.33. The highest BCUT2D eigenvalue weighted by atomic mass is 16.1. The topological polar surface area (TPSA) is 41.1 Å². The zero-order valence-corrected chi connectivity index (χ0v) is 19.1. The van der Waals surface area contributed by atoms with Gasteiger partial charge in [-0.15, -0.1) is 0 Å². The molecule has 0 aliphatic heterocycles. The van der Waals surface area contributed by atoms with Crippen molar-refractivity contribution in [2.75, 3.05) is 5.32 Å². The van der Waals surface area contributed by atoms with Crippen LogP contribution in [0.2, 0.25) is 0 Å². The number of amides is 1. The van der Waals surface area contributed by atoms with Gasteiger partial charge in [0.1, 0.15) is 0 Å². The molecule has 0 unspecified atom stereocenters. The molecule has 3 heteroatoms. The molecule has 1 aliphatic carbocycles. The Bertz CT molecular complexity index is 903. The Morgan fingerprint density at radius 1 is 1.07 bits per heavy atom.